The van der Waals surface area contributed by atoms with E-state index in [1.165, 1.54) is 30.3 Å². The molecular weight excluding hydrogens is 546 g/mol. The Bertz CT molecular complexity index is 1310. The van der Waals surface area contributed by atoms with Crippen LogP contribution in [0.2, 0.25) is 0 Å². The molecule has 14 heteroatoms. The van der Waals surface area contributed by atoms with Crippen molar-refractivity contribution in [2.75, 3.05) is 18.1 Å². The first-order valence-electron chi connectivity index (χ1n) is 12.6. The van der Waals surface area contributed by atoms with Gasteiger partial charge >= 0.3 is 11.9 Å². The summed E-state index contributed by atoms with van der Waals surface area (Å²) in [5, 5.41) is 90.6. The monoisotopic (exact) mass is 577 g/mol. The molecule has 2 aliphatic heterocycles. The average molecular weight is 578 g/mol. The summed E-state index contributed by atoms with van der Waals surface area (Å²) in [5.74, 6) is -6.49. The zero-order chi connectivity index (χ0) is 30.1. The van der Waals surface area contributed by atoms with Crippen molar-refractivity contribution in [2.45, 2.75) is 55.2 Å². The van der Waals surface area contributed by atoms with Gasteiger partial charge in [0.15, 0.2) is 17.6 Å². The molecule has 14 nitrogen and oxygen atoms in total. The number of carboxylic acid groups (broad SMARTS) is 1. The van der Waals surface area contributed by atoms with Crippen LogP contribution in [0, 0.1) is 0 Å². The molecule has 2 aromatic rings. The van der Waals surface area contributed by atoms with Crippen molar-refractivity contribution in [2.24, 2.45) is 0 Å². The van der Waals surface area contributed by atoms with Crippen LogP contribution in [0.1, 0.15) is 24.0 Å². The number of hydrogen-bond donors (Lipinski definition) is 9. The van der Waals surface area contributed by atoms with Crippen molar-refractivity contribution in [1.82, 2.24) is 0 Å². The highest BCUT2D eigenvalue weighted by Gasteiger charge is 2.56. The maximum atomic E-state index is 13.6. The Labute approximate surface area is 233 Å². The Morgan fingerprint density at radius 2 is 1.76 bits per heavy atom. The van der Waals surface area contributed by atoms with Crippen molar-refractivity contribution in [1.29, 1.82) is 0 Å². The molecule has 0 bridgehead atoms. The highest BCUT2D eigenvalue weighted by molar-refractivity contribution is 6.11. The molecule has 2 heterocycles. The number of aliphatic hydroxyl groups excluding tert-OH is 5. The van der Waals surface area contributed by atoms with Crippen LogP contribution in [0.25, 0.3) is 6.08 Å². The summed E-state index contributed by atoms with van der Waals surface area (Å²) in [4.78, 5) is 27.2. The highest BCUT2D eigenvalue weighted by atomic mass is 16.8. The standard InChI is InChI=1S/C27H31NO13/c29-9-1-8-26(25(37)38)12-15-10-18(32)19(40-27(39)24(36)23(35)22(34)20(13-30)41-27)11-17(15)28(26)21(33)7-4-14-2-5-16(31)6-3-14/h2-7,10-11,20,22-24,29-32,34-36,39H,1,8-9,12-13H2,(H,37,38)/t20-,22-,23+,24-,26-,27-/m1/s1. The fraction of sp³-hybridized carbons (Fsp3) is 0.407. The van der Waals surface area contributed by atoms with E-state index in [1.54, 1.807) is 0 Å². The maximum absolute atomic E-state index is 13.6. The van der Waals surface area contributed by atoms with E-state index in [2.05, 4.69) is 0 Å². The Balaban J connectivity index is 1.76. The predicted octanol–water partition coefficient (Wildman–Crippen LogP) is -1.21. The third kappa shape index (κ3) is 5.58. The van der Waals surface area contributed by atoms with Crippen LogP contribution in [0.3, 0.4) is 0 Å². The van der Waals surface area contributed by atoms with Crippen molar-refractivity contribution in [3.05, 3.63) is 53.6 Å². The maximum Gasteiger partial charge on any atom is 0.355 e. The van der Waals surface area contributed by atoms with Gasteiger partial charge in [-0.05, 0) is 48.2 Å². The van der Waals surface area contributed by atoms with Gasteiger partial charge < -0.3 is 55.4 Å². The minimum Gasteiger partial charge on any atom is -0.508 e. The number of aliphatic hydroxyl groups is 6. The normalized spacial score (nSPS) is 29.5. The molecule has 2 aromatic carbocycles. The van der Waals surface area contributed by atoms with Gasteiger partial charge in [-0.3, -0.25) is 9.69 Å². The van der Waals surface area contributed by atoms with E-state index < -0.39 is 65.9 Å². The van der Waals surface area contributed by atoms with Gasteiger partial charge in [-0.2, -0.15) is 0 Å². The lowest BCUT2D eigenvalue weighted by Crippen LogP contribution is -2.67. The number of rotatable bonds is 9. The van der Waals surface area contributed by atoms with Crippen LogP contribution >= 0.6 is 0 Å². The zero-order valence-corrected chi connectivity index (χ0v) is 21.6. The first-order chi connectivity index (χ1) is 19.4. The number of phenolic OH excluding ortho intramolecular Hbond substituents is 2. The van der Waals surface area contributed by atoms with Gasteiger partial charge in [-0.15, -0.1) is 0 Å². The molecule has 6 atom stereocenters. The van der Waals surface area contributed by atoms with Gasteiger partial charge in [-0.1, -0.05) is 12.1 Å². The fourth-order valence-electron chi connectivity index (χ4n) is 5.03. The van der Waals surface area contributed by atoms with E-state index in [-0.39, 0.29) is 42.9 Å². The summed E-state index contributed by atoms with van der Waals surface area (Å²) in [7, 11) is 0. The molecule has 0 saturated carbocycles. The number of anilines is 1. The second-order valence-electron chi connectivity index (χ2n) is 9.89. The lowest BCUT2D eigenvalue weighted by Gasteiger charge is -2.44. The van der Waals surface area contributed by atoms with Crippen LogP contribution in [0.5, 0.6) is 17.2 Å². The lowest BCUT2D eigenvalue weighted by atomic mass is 9.88. The number of aliphatic carboxylic acids is 1. The summed E-state index contributed by atoms with van der Waals surface area (Å²) in [5.41, 5.74) is -1.19. The van der Waals surface area contributed by atoms with Crippen molar-refractivity contribution in [3.63, 3.8) is 0 Å². The third-order valence-electron chi connectivity index (χ3n) is 7.17. The van der Waals surface area contributed by atoms with E-state index in [1.807, 2.05) is 0 Å². The summed E-state index contributed by atoms with van der Waals surface area (Å²) in [6.07, 6.45) is -5.58. The van der Waals surface area contributed by atoms with E-state index in [9.17, 15) is 55.5 Å². The van der Waals surface area contributed by atoms with Gasteiger partial charge in [0.05, 0.1) is 12.3 Å². The number of phenols is 2. The van der Waals surface area contributed by atoms with Crippen molar-refractivity contribution < 1.29 is 65.0 Å². The molecule has 0 spiro atoms. The molecule has 1 amide bonds. The van der Waals surface area contributed by atoms with E-state index in [0.717, 1.165) is 23.1 Å². The summed E-state index contributed by atoms with van der Waals surface area (Å²) < 4.78 is 10.4. The first kappa shape index (κ1) is 30.2. The van der Waals surface area contributed by atoms with Crippen molar-refractivity contribution >= 4 is 23.6 Å². The number of carboxylic acids is 1. The number of nitrogens with zero attached hydrogens (tertiary/aromatic N) is 1. The molecule has 1 saturated heterocycles. The number of carbonyl (C=O) groups is 2. The number of aromatic hydroxyl groups is 2. The molecule has 41 heavy (non-hydrogen) atoms. The molecule has 0 radical (unpaired) electrons. The number of benzene rings is 2. The Morgan fingerprint density at radius 1 is 1.07 bits per heavy atom. The van der Waals surface area contributed by atoms with Crippen LogP contribution in [0.15, 0.2) is 42.5 Å². The summed E-state index contributed by atoms with van der Waals surface area (Å²) in [6.45, 7) is -1.24. The molecule has 0 aliphatic carbocycles. The second-order valence-corrected chi connectivity index (χ2v) is 9.89. The Hall–Kier alpha value is -3.76. The molecule has 1 fully saturated rings. The molecular formula is C27H31NO13. The van der Waals surface area contributed by atoms with E-state index in [0.29, 0.717) is 5.56 Å². The van der Waals surface area contributed by atoms with Gasteiger partial charge in [-0.25, -0.2) is 4.79 Å². The highest BCUT2D eigenvalue weighted by Crippen LogP contribution is 2.47. The van der Waals surface area contributed by atoms with Crippen LogP contribution in [-0.2, 0) is 20.7 Å². The number of carbonyl (C=O) groups excluding carboxylic acids is 1. The quantitative estimate of drug-likeness (QED) is 0.126. The Kier molecular flexibility index (Phi) is 8.56. The number of ether oxygens (including phenoxy) is 2. The molecule has 0 aromatic heterocycles. The number of hydrogen-bond acceptors (Lipinski definition) is 12. The number of fused-ring (bicyclic) bond motifs is 1. The first-order valence-corrected chi connectivity index (χ1v) is 12.6. The van der Waals surface area contributed by atoms with Gasteiger partial charge in [0.1, 0.15) is 29.6 Å². The molecule has 0 unspecified atom stereocenters. The van der Waals surface area contributed by atoms with Gasteiger partial charge in [0.25, 0.3) is 5.91 Å². The third-order valence-corrected chi connectivity index (χ3v) is 7.17. The SMILES string of the molecule is O=C(C=Cc1ccc(O)cc1)N1c2cc(O[C@@]3(O)O[C@H](CO)[C@@H](O)[C@H](O)[C@H]3O)c(O)cc2C[C@]1(CCCO)C(=O)O. The topological polar surface area (TPSA) is 238 Å². The van der Waals surface area contributed by atoms with Crippen LogP contribution in [0.4, 0.5) is 5.69 Å². The lowest BCUT2D eigenvalue weighted by molar-refractivity contribution is -0.422. The van der Waals surface area contributed by atoms with Crippen LogP contribution < -0.4 is 9.64 Å². The minimum atomic E-state index is -3.08. The molecule has 222 valence electrons. The molecule has 4 rings (SSSR count). The predicted molar refractivity (Wildman–Crippen MR) is 139 cm³/mol. The largest absolute Gasteiger partial charge is 0.508 e. The number of amides is 1. The zero-order valence-electron chi connectivity index (χ0n) is 21.6. The smallest absolute Gasteiger partial charge is 0.355 e. The van der Waals surface area contributed by atoms with Gasteiger partial charge in [0.2, 0.25) is 0 Å². The van der Waals surface area contributed by atoms with Crippen molar-refractivity contribution in [3.8, 4) is 17.2 Å². The average Bonchev–Trinajstić information content (AvgIpc) is 3.26. The molecule has 2 aliphatic rings. The molecule has 9 N–H and O–H groups in total. The van der Waals surface area contributed by atoms with E-state index >= 15 is 0 Å². The second kappa shape index (κ2) is 11.6. The fourth-order valence-corrected chi connectivity index (χ4v) is 5.03. The van der Waals surface area contributed by atoms with E-state index in [4.69, 9.17) is 9.47 Å². The summed E-state index contributed by atoms with van der Waals surface area (Å²) >= 11 is 0. The van der Waals surface area contributed by atoms with Gasteiger partial charge in [0, 0.05) is 25.2 Å². The minimum absolute atomic E-state index is 0.00392. The Morgan fingerprint density at radius 3 is 2.37 bits per heavy atom. The summed E-state index contributed by atoms with van der Waals surface area (Å²) in [6, 6.07) is 7.99. The van der Waals surface area contributed by atoms with Crippen LogP contribution in [-0.4, -0.2) is 107 Å².